The quantitative estimate of drug-likeness (QED) is 0.759. The van der Waals surface area contributed by atoms with Gasteiger partial charge in [-0.3, -0.25) is 19.4 Å². The van der Waals surface area contributed by atoms with Gasteiger partial charge in [0.2, 0.25) is 5.78 Å². The maximum absolute atomic E-state index is 12.1. The molecular weight excluding hydrogens is 310 g/mol. The largest absolute Gasteiger partial charge is 0.389 e. The van der Waals surface area contributed by atoms with Gasteiger partial charge in [0.1, 0.15) is 0 Å². The van der Waals surface area contributed by atoms with Crippen LogP contribution in [0.3, 0.4) is 0 Å². The summed E-state index contributed by atoms with van der Waals surface area (Å²) in [5.41, 5.74) is 0.461. The Morgan fingerprint density at radius 2 is 2.00 bits per heavy atom. The molecule has 0 aromatic carbocycles. The van der Waals surface area contributed by atoms with Gasteiger partial charge in [-0.05, 0) is 24.5 Å². The summed E-state index contributed by atoms with van der Waals surface area (Å²) in [6, 6.07) is 2.73. The van der Waals surface area contributed by atoms with Crippen LogP contribution in [0.1, 0.15) is 37.0 Å². The summed E-state index contributed by atoms with van der Waals surface area (Å²) in [4.78, 5) is 41.3. The molecule has 7 heteroatoms. The third kappa shape index (κ3) is 4.61. The number of amides is 2. The van der Waals surface area contributed by atoms with Crippen molar-refractivity contribution >= 4 is 17.6 Å². The molecule has 2 atom stereocenters. The lowest BCUT2D eigenvalue weighted by atomic mass is 9.99. The molecule has 0 saturated carbocycles. The van der Waals surface area contributed by atoms with Crippen LogP contribution >= 0.6 is 0 Å². The van der Waals surface area contributed by atoms with E-state index in [2.05, 4.69) is 10.3 Å². The van der Waals surface area contributed by atoms with Crippen molar-refractivity contribution < 1.29 is 19.5 Å². The van der Waals surface area contributed by atoms with Crippen molar-refractivity contribution in [1.29, 1.82) is 0 Å². The summed E-state index contributed by atoms with van der Waals surface area (Å²) in [7, 11) is 0. The van der Waals surface area contributed by atoms with Gasteiger partial charge in [0.25, 0.3) is 11.8 Å². The molecule has 1 fully saturated rings. The van der Waals surface area contributed by atoms with Crippen LogP contribution in [0.5, 0.6) is 0 Å². The molecule has 7 nitrogen and oxygen atoms in total. The van der Waals surface area contributed by atoms with Gasteiger partial charge in [0, 0.05) is 37.5 Å². The number of carbonyl (C=O) groups excluding carboxylic acids is 3. The monoisotopic (exact) mass is 333 g/mol. The third-order valence-corrected chi connectivity index (χ3v) is 3.96. The highest BCUT2D eigenvalue weighted by molar-refractivity contribution is 6.36. The topological polar surface area (TPSA) is 99.6 Å². The SMILES string of the molecule is CC(C)CC(=O)C(=O)N1CC[C@@H](NC(=O)c2ccncc2)[C@H](O)C1. The van der Waals surface area contributed by atoms with Gasteiger partial charge in [0.15, 0.2) is 0 Å². The Balaban J connectivity index is 1.90. The molecule has 130 valence electrons. The summed E-state index contributed by atoms with van der Waals surface area (Å²) in [6.45, 7) is 4.13. The molecule has 1 aromatic rings. The van der Waals surface area contributed by atoms with Crippen LogP contribution in [-0.2, 0) is 9.59 Å². The van der Waals surface area contributed by atoms with Crippen LogP contribution in [0, 0.1) is 5.92 Å². The first-order valence-corrected chi connectivity index (χ1v) is 8.09. The number of β-amino-alcohol motifs (C(OH)–C–C–N with tert-alkyl or cyclic N) is 1. The van der Waals surface area contributed by atoms with Crippen molar-refractivity contribution in [1.82, 2.24) is 15.2 Å². The van der Waals surface area contributed by atoms with Gasteiger partial charge < -0.3 is 15.3 Å². The smallest absolute Gasteiger partial charge is 0.290 e. The Hall–Kier alpha value is -2.28. The molecule has 0 bridgehead atoms. The number of piperidine rings is 1. The standard InChI is InChI=1S/C17H23N3O4/c1-11(2)9-14(21)17(24)20-8-5-13(15(22)10-20)19-16(23)12-3-6-18-7-4-12/h3-4,6-7,11,13,15,22H,5,8-10H2,1-2H3,(H,19,23)/t13-,15-/m1/s1. The lowest BCUT2D eigenvalue weighted by molar-refractivity contribution is -0.147. The van der Waals surface area contributed by atoms with Crippen LogP contribution in [-0.4, -0.2) is 57.8 Å². The highest BCUT2D eigenvalue weighted by atomic mass is 16.3. The molecule has 1 aliphatic rings. The van der Waals surface area contributed by atoms with Gasteiger partial charge in [-0.15, -0.1) is 0 Å². The first-order chi connectivity index (χ1) is 11.4. The van der Waals surface area contributed by atoms with E-state index in [4.69, 9.17) is 0 Å². The average Bonchev–Trinajstić information content (AvgIpc) is 2.56. The van der Waals surface area contributed by atoms with Crippen molar-refractivity contribution in [2.45, 2.75) is 38.8 Å². The molecule has 0 unspecified atom stereocenters. The Labute approximate surface area is 141 Å². The Morgan fingerprint density at radius 3 is 2.58 bits per heavy atom. The molecule has 2 heterocycles. The second-order valence-corrected chi connectivity index (χ2v) is 6.44. The summed E-state index contributed by atoms with van der Waals surface area (Å²) in [5, 5.41) is 13.0. The third-order valence-electron chi connectivity index (χ3n) is 3.96. The first kappa shape index (κ1) is 18.1. The predicted octanol–water partition coefficient (Wildman–Crippen LogP) is 0.388. The maximum Gasteiger partial charge on any atom is 0.290 e. The molecule has 2 N–H and O–H groups in total. The molecule has 0 radical (unpaired) electrons. The molecule has 1 saturated heterocycles. The summed E-state index contributed by atoms with van der Waals surface area (Å²) < 4.78 is 0. The predicted molar refractivity (Wildman–Crippen MR) is 87.2 cm³/mol. The van der Waals surface area contributed by atoms with E-state index in [1.165, 1.54) is 17.3 Å². The maximum atomic E-state index is 12.1. The number of likely N-dealkylation sites (tertiary alicyclic amines) is 1. The first-order valence-electron chi connectivity index (χ1n) is 8.09. The molecule has 1 aliphatic heterocycles. The number of carbonyl (C=O) groups is 3. The summed E-state index contributed by atoms with van der Waals surface area (Å²) >= 11 is 0. The molecule has 2 rings (SSSR count). The Morgan fingerprint density at radius 1 is 1.33 bits per heavy atom. The number of nitrogens with zero attached hydrogens (tertiary/aromatic N) is 2. The van der Waals surface area contributed by atoms with Crippen molar-refractivity contribution in [3.05, 3.63) is 30.1 Å². The number of aliphatic hydroxyl groups excluding tert-OH is 1. The lowest BCUT2D eigenvalue weighted by Gasteiger charge is -2.36. The van der Waals surface area contributed by atoms with Crippen molar-refractivity contribution in [2.24, 2.45) is 5.92 Å². The zero-order valence-electron chi connectivity index (χ0n) is 13.9. The van der Waals surface area contributed by atoms with E-state index in [1.54, 1.807) is 12.1 Å². The second kappa shape index (κ2) is 8.01. The number of Topliss-reactive ketones (excluding diaryl/α,β-unsaturated/α-hetero) is 1. The van der Waals surface area contributed by atoms with E-state index >= 15 is 0 Å². The molecule has 2 amide bonds. The minimum absolute atomic E-state index is 0.0456. The molecule has 0 aliphatic carbocycles. The lowest BCUT2D eigenvalue weighted by Crippen LogP contribution is -2.56. The van der Waals surface area contributed by atoms with E-state index in [9.17, 15) is 19.5 Å². The second-order valence-electron chi connectivity index (χ2n) is 6.44. The van der Waals surface area contributed by atoms with Crippen LogP contribution < -0.4 is 5.32 Å². The summed E-state index contributed by atoms with van der Waals surface area (Å²) in [6.07, 6.45) is 2.74. The number of pyridine rings is 1. The molecule has 0 spiro atoms. The Bertz CT molecular complexity index is 603. The van der Waals surface area contributed by atoms with Crippen LogP contribution in [0.4, 0.5) is 0 Å². The zero-order valence-corrected chi connectivity index (χ0v) is 13.9. The molecule has 1 aromatic heterocycles. The number of aromatic nitrogens is 1. The minimum Gasteiger partial charge on any atom is -0.389 e. The van der Waals surface area contributed by atoms with Gasteiger partial charge >= 0.3 is 0 Å². The van der Waals surface area contributed by atoms with Crippen molar-refractivity contribution in [2.75, 3.05) is 13.1 Å². The van der Waals surface area contributed by atoms with Crippen molar-refractivity contribution in [3.63, 3.8) is 0 Å². The van der Waals surface area contributed by atoms with Crippen LogP contribution in [0.15, 0.2) is 24.5 Å². The van der Waals surface area contributed by atoms with Gasteiger partial charge in [-0.25, -0.2) is 0 Å². The number of rotatable bonds is 5. The van der Waals surface area contributed by atoms with E-state index in [-0.39, 0.29) is 24.8 Å². The highest BCUT2D eigenvalue weighted by Gasteiger charge is 2.33. The van der Waals surface area contributed by atoms with E-state index in [0.29, 0.717) is 18.5 Å². The minimum atomic E-state index is -0.902. The molecular formula is C17H23N3O4. The molecule has 24 heavy (non-hydrogen) atoms. The van der Waals surface area contributed by atoms with E-state index in [1.807, 2.05) is 13.8 Å². The van der Waals surface area contributed by atoms with Gasteiger partial charge in [0.05, 0.1) is 12.1 Å². The number of ketones is 1. The van der Waals surface area contributed by atoms with Gasteiger partial charge in [-0.2, -0.15) is 0 Å². The zero-order chi connectivity index (χ0) is 17.7. The van der Waals surface area contributed by atoms with Gasteiger partial charge in [-0.1, -0.05) is 13.8 Å². The fourth-order valence-electron chi connectivity index (χ4n) is 2.67. The number of hydrogen-bond acceptors (Lipinski definition) is 5. The number of aliphatic hydroxyl groups is 1. The normalized spacial score (nSPS) is 20.8. The van der Waals surface area contributed by atoms with Crippen molar-refractivity contribution in [3.8, 4) is 0 Å². The van der Waals surface area contributed by atoms with Crippen LogP contribution in [0.25, 0.3) is 0 Å². The van der Waals surface area contributed by atoms with Crippen LogP contribution in [0.2, 0.25) is 0 Å². The van der Waals surface area contributed by atoms with E-state index in [0.717, 1.165) is 0 Å². The number of nitrogens with one attached hydrogen (secondary N) is 1. The Kier molecular flexibility index (Phi) is 6.03. The van der Waals surface area contributed by atoms with E-state index < -0.39 is 23.8 Å². The average molecular weight is 333 g/mol. The summed E-state index contributed by atoms with van der Waals surface area (Å²) in [5.74, 6) is -1.17. The fourth-order valence-corrected chi connectivity index (χ4v) is 2.67. The highest BCUT2D eigenvalue weighted by Crippen LogP contribution is 2.14. The fraction of sp³-hybridized carbons (Fsp3) is 0.529. The number of hydrogen-bond donors (Lipinski definition) is 2.